The molecule has 1 heterocycles. The van der Waals surface area contributed by atoms with Crippen molar-refractivity contribution in [1.82, 2.24) is 5.32 Å². The molecule has 1 saturated heterocycles. The highest BCUT2D eigenvalue weighted by Gasteiger charge is 2.37. The van der Waals surface area contributed by atoms with Gasteiger partial charge in [-0.1, -0.05) is 0 Å². The molecule has 1 aromatic carbocycles. The Hall–Kier alpha value is -1.68. The summed E-state index contributed by atoms with van der Waals surface area (Å²) in [4.78, 5) is 24.0. The van der Waals surface area contributed by atoms with Gasteiger partial charge in [0.25, 0.3) is 0 Å². The third-order valence-electron chi connectivity index (χ3n) is 4.58. The van der Waals surface area contributed by atoms with Gasteiger partial charge >= 0.3 is 5.97 Å². The third kappa shape index (κ3) is 1.95. The average molecular weight is 271 g/mol. The quantitative estimate of drug-likeness (QED) is 0.660. The molecule has 0 radical (unpaired) electrons. The van der Waals surface area contributed by atoms with Crippen LogP contribution in [0.2, 0.25) is 0 Å². The standard InChI is InChI=1S/C16H17NO3/c18-15-12-4-3-11(20-16(19)9-1-2-9)8-13(12)10-5-6-17-14(15)7-10/h3-4,8-10,14,17H,1-2,5-7H2. The fourth-order valence-corrected chi connectivity index (χ4v) is 3.27. The highest BCUT2D eigenvalue weighted by Crippen LogP contribution is 2.38. The van der Waals surface area contributed by atoms with E-state index in [1.54, 1.807) is 6.07 Å². The van der Waals surface area contributed by atoms with Gasteiger partial charge in [0.15, 0.2) is 5.78 Å². The summed E-state index contributed by atoms with van der Waals surface area (Å²) in [5.74, 6) is 1.14. The van der Waals surface area contributed by atoms with E-state index in [1.165, 1.54) is 0 Å². The molecule has 4 rings (SSSR count). The van der Waals surface area contributed by atoms with Gasteiger partial charge in [0.2, 0.25) is 0 Å². The highest BCUT2D eigenvalue weighted by molar-refractivity contribution is 6.03. The summed E-state index contributed by atoms with van der Waals surface area (Å²) >= 11 is 0. The van der Waals surface area contributed by atoms with Gasteiger partial charge in [-0.05, 0) is 61.9 Å². The smallest absolute Gasteiger partial charge is 0.314 e. The number of hydrogen-bond donors (Lipinski definition) is 1. The van der Waals surface area contributed by atoms with Gasteiger partial charge in [0.1, 0.15) is 5.75 Å². The highest BCUT2D eigenvalue weighted by atomic mass is 16.5. The molecule has 1 saturated carbocycles. The number of hydrogen-bond acceptors (Lipinski definition) is 4. The minimum atomic E-state index is -0.129. The molecule has 0 amide bonds. The van der Waals surface area contributed by atoms with Crippen molar-refractivity contribution in [1.29, 1.82) is 0 Å². The number of ether oxygens (including phenoxy) is 1. The van der Waals surface area contributed by atoms with Gasteiger partial charge in [0, 0.05) is 5.56 Å². The Morgan fingerprint density at radius 2 is 2.10 bits per heavy atom. The largest absolute Gasteiger partial charge is 0.426 e. The van der Waals surface area contributed by atoms with Crippen molar-refractivity contribution in [3.05, 3.63) is 29.3 Å². The summed E-state index contributed by atoms with van der Waals surface area (Å²) in [5.41, 5.74) is 1.86. The zero-order valence-corrected chi connectivity index (χ0v) is 11.2. The second-order valence-corrected chi connectivity index (χ2v) is 6.04. The number of rotatable bonds is 2. The lowest BCUT2D eigenvalue weighted by atomic mass is 9.75. The fourth-order valence-electron chi connectivity index (χ4n) is 3.27. The van der Waals surface area contributed by atoms with Crippen molar-refractivity contribution in [2.45, 2.75) is 37.6 Å². The first kappa shape index (κ1) is 12.1. The van der Waals surface area contributed by atoms with Gasteiger partial charge in [-0.25, -0.2) is 0 Å². The molecule has 1 aliphatic heterocycles. The Labute approximate surface area is 117 Å². The van der Waals surface area contributed by atoms with Crippen molar-refractivity contribution in [3.8, 4) is 5.75 Å². The number of benzene rings is 1. The lowest BCUT2D eigenvalue weighted by molar-refractivity contribution is -0.135. The van der Waals surface area contributed by atoms with Gasteiger partial charge < -0.3 is 10.1 Å². The lowest BCUT2D eigenvalue weighted by Crippen LogP contribution is -2.46. The van der Waals surface area contributed by atoms with E-state index >= 15 is 0 Å². The maximum absolute atomic E-state index is 12.3. The number of ketones is 1. The first-order valence-corrected chi connectivity index (χ1v) is 7.35. The van der Waals surface area contributed by atoms with Crippen LogP contribution in [-0.4, -0.2) is 24.3 Å². The first-order chi connectivity index (χ1) is 9.72. The normalized spacial score (nSPS) is 27.9. The average Bonchev–Trinajstić information content (AvgIpc) is 3.30. The van der Waals surface area contributed by atoms with E-state index in [1.807, 2.05) is 12.1 Å². The molecule has 20 heavy (non-hydrogen) atoms. The number of carbonyl (C=O) groups excluding carboxylic acids is 2. The molecule has 2 unspecified atom stereocenters. The number of fused-ring (bicyclic) bond motifs is 4. The maximum Gasteiger partial charge on any atom is 0.314 e. The maximum atomic E-state index is 12.3. The van der Waals surface area contributed by atoms with Crippen molar-refractivity contribution >= 4 is 11.8 Å². The molecule has 1 N–H and O–H groups in total. The van der Waals surface area contributed by atoms with Gasteiger partial charge in [-0.3, -0.25) is 9.59 Å². The van der Waals surface area contributed by atoms with Crippen LogP contribution < -0.4 is 10.1 Å². The van der Waals surface area contributed by atoms with Crippen LogP contribution in [0, 0.1) is 5.92 Å². The number of nitrogens with one attached hydrogen (secondary N) is 1. The summed E-state index contributed by atoms with van der Waals surface area (Å²) < 4.78 is 5.41. The molecule has 2 fully saturated rings. The van der Waals surface area contributed by atoms with E-state index in [0.717, 1.165) is 43.4 Å². The molecule has 2 aliphatic carbocycles. The summed E-state index contributed by atoms with van der Waals surface area (Å²) in [5, 5.41) is 3.28. The first-order valence-electron chi connectivity index (χ1n) is 7.35. The van der Waals surface area contributed by atoms with E-state index in [2.05, 4.69) is 5.32 Å². The predicted molar refractivity (Wildman–Crippen MR) is 72.9 cm³/mol. The predicted octanol–water partition coefficient (Wildman–Crippen LogP) is 2.03. The van der Waals surface area contributed by atoms with Crippen LogP contribution in [0.4, 0.5) is 0 Å². The van der Waals surface area contributed by atoms with E-state index in [-0.39, 0.29) is 23.7 Å². The Bertz CT molecular complexity index is 591. The second kappa shape index (κ2) is 4.42. The monoisotopic (exact) mass is 271 g/mol. The zero-order chi connectivity index (χ0) is 13.7. The molecule has 104 valence electrons. The van der Waals surface area contributed by atoms with Crippen LogP contribution >= 0.6 is 0 Å². The van der Waals surface area contributed by atoms with Crippen molar-refractivity contribution in [2.24, 2.45) is 5.92 Å². The van der Waals surface area contributed by atoms with Crippen LogP contribution in [0.1, 0.15) is 47.5 Å². The molecule has 2 atom stereocenters. The Kier molecular flexibility index (Phi) is 2.67. The van der Waals surface area contributed by atoms with Crippen LogP contribution in [0.5, 0.6) is 5.75 Å². The van der Waals surface area contributed by atoms with Crippen molar-refractivity contribution < 1.29 is 14.3 Å². The van der Waals surface area contributed by atoms with E-state index in [4.69, 9.17) is 4.74 Å². The lowest BCUT2D eigenvalue weighted by Gasteiger charge is -2.35. The molecule has 0 spiro atoms. The van der Waals surface area contributed by atoms with E-state index in [9.17, 15) is 9.59 Å². The van der Waals surface area contributed by atoms with Crippen LogP contribution in [-0.2, 0) is 4.79 Å². The van der Waals surface area contributed by atoms with Crippen LogP contribution in [0.15, 0.2) is 18.2 Å². The molecular formula is C16H17NO3. The Morgan fingerprint density at radius 3 is 2.90 bits per heavy atom. The minimum Gasteiger partial charge on any atom is -0.426 e. The number of esters is 1. The summed E-state index contributed by atoms with van der Waals surface area (Å²) in [6.45, 7) is 0.882. The van der Waals surface area contributed by atoms with Crippen molar-refractivity contribution in [3.63, 3.8) is 0 Å². The summed E-state index contributed by atoms with van der Waals surface area (Å²) in [7, 11) is 0. The van der Waals surface area contributed by atoms with Gasteiger partial charge in [0.05, 0.1) is 12.0 Å². The third-order valence-corrected chi connectivity index (χ3v) is 4.58. The van der Waals surface area contributed by atoms with Gasteiger partial charge in [-0.2, -0.15) is 0 Å². The number of piperidine rings is 1. The second-order valence-electron chi connectivity index (χ2n) is 6.04. The minimum absolute atomic E-state index is 0.0267. The SMILES string of the molecule is O=C(Oc1ccc2c(c1)C1CCNC(C1)C2=O)C1CC1. The van der Waals surface area contributed by atoms with Crippen molar-refractivity contribution in [2.75, 3.05) is 6.54 Å². The van der Waals surface area contributed by atoms with Crippen LogP contribution in [0.3, 0.4) is 0 Å². The molecule has 4 nitrogen and oxygen atoms in total. The molecular weight excluding hydrogens is 254 g/mol. The fraction of sp³-hybridized carbons (Fsp3) is 0.500. The van der Waals surface area contributed by atoms with E-state index < -0.39 is 0 Å². The summed E-state index contributed by atoms with van der Waals surface area (Å²) in [6, 6.07) is 5.44. The molecule has 4 heteroatoms. The zero-order valence-electron chi connectivity index (χ0n) is 11.2. The molecule has 2 bridgehead atoms. The summed E-state index contributed by atoms with van der Waals surface area (Å²) in [6.07, 6.45) is 3.79. The Balaban J connectivity index is 1.65. The number of Topliss-reactive ketones (excluding diaryl/α,β-unsaturated/α-hetero) is 1. The Morgan fingerprint density at radius 1 is 1.25 bits per heavy atom. The molecule has 1 aromatic rings. The van der Waals surface area contributed by atoms with E-state index in [0.29, 0.717) is 11.7 Å². The molecule has 0 aromatic heterocycles. The molecule has 3 aliphatic rings. The van der Waals surface area contributed by atoms with Gasteiger partial charge in [-0.15, -0.1) is 0 Å². The number of carbonyl (C=O) groups is 2. The topological polar surface area (TPSA) is 55.4 Å². The van der Waals surface area contributed by atoms with Crippen LogP contribution in [0.25, 0.3) is 0 Å².